The van der Waals surface area contributed by atoms with Gasteiger partial charge >= 0.3 is 0 Å². The molecular weight excluding hydrogens is 953 g/mol. The van der Waals surface area contributed by atoms with Gasteiger partial charge in [0.25, 0.3) is 0 Å². The van der Waals surface area contributed by atoms with E-state index in [1.807, 2.05) is 6.92 Å². The monoisotopic (exact) mass is 1030 g/mol. The molecule has 0 radical (unpaired) electrons. The second-order valence-electron chi connectivity index (χ2n) is 23.3. The van der Waals surface area contributed by atoms with E-state index in [4.69, 9.17) is 42.6 Å². The van der Waals surface area contributed by atoms with Crippen molar-refractivity contribution in [2.24, 2.45) is 46.3 Å². The summed E-state index contributed by atoms with van der Waals surface area (Å²) < 4.78 is 54.6. The van der Waals surface area contributed by atoms with Gasteiger partial charge in [-0.25, -0.2) is 0 Å². The molecule has 30 atom stereocenters. The van der Waals surface area contributed by atoms with E-state index in [0.29, 0.717) is 43.4 Å². The van der Waals surface area contributed by atoms with E-state index < -0.39 is 148 Å². The fraction of sp³-hybridized carbons (Fsp3) is 0.960. The molecule has 5 aliphatic heterocycles. The van der Waals surface area contributed by atoms with Gasteiger partial charge in [0.2, 0.25) is 0 Å². The van der Waals surface area contributed by atoms with Crippen molar-refractivity contribution in [1.29, 1.82) is 0 Å². The molecule has 22 nitrogen and oxygen atoms in total. The third kappa shape index (κ3) is 9.80. The molecule has 13 N–H and O–H groups in total. The third-order valence-electron chi connectivity index (χ3n) is 19.1. The van der Waals surface area contributed by atoms with Crippen molar-refractivity contribution >= 4 is 0 Å². The third-order valence-corrected chi connectivity index (χ3v) is 19.1. The summed E-state index contributed by atoms with van der Waals surface area (Å²) in [6.45, 7) is 8.34. The van der Waals surface area contributed by atoms with Gasteiger partial charge in [-0.05, 0) is 98.7 Å². The molecule has 4 aliphatic carbocycles. The van der Waals surface area contributed by atoms with Crippen molar-refractivity contribution in [3.05, 3.63) is 11.6 Å². The number of hydrogen-bond acceptors (Lipinski definition) is 22. The van der Waals surface area contributed by atoms with Crippen LogP contribution in [0.4, 0.5) is 0 Å². The topological polar surface area (TPSA) is 346 Å². The Morgan fingerprint density at radius 3 is 2.06 bits per heavy atom. The Kier molecular flexibility index (Phi) is 16.7. The number of aliphatic hydroxyl groups excluding tert-OH is 12. The largest absolute Gasteiger partial charge is 0.396 e. The highest BCUT2D eigenvalue weighted by atomic mass is 16.8. The van der Waals surface area contributed by atoms with Gasteiger partial charge in [0.15, 0.2) is 30.9 Å². The average molecular weight is 1040 g/mol. The first kappa shape index (κ1) is 55.6. The fourth-order valence-electron chi connectivity index (χ4n) is 14.7. The van der Waals surface area contributed by atoms with Crippen molar-refractivity contribution in [1.82, 2.24) is 0 Å². The minimum absolute atomic E-state index is 0.00259. The number of allylic oxidation sites excluding steroid dienone is 1. The lowest BCUT2D eigenvalue weighted by Crippen LogP contribution is -2.67. The first-order chi connectivity index (χ1) is 34.1. The number of fused-ring (bicyclic) bond motifs is 7. The van der Waals surface area contributed by atoms with E-state index in [9.17, 15) is 66.4 Å². The van der Waals surface area contributed by atoms with E-state index in [2.05, 4.69) is 26.8 Å². The predicted octanol–water partition coefficient (Wildman–Crippen LogP) is -2.37. The normalized spacial score (nSPS) is 55.1. The van der Waals surface area contributed by atoms with Crippen LogP contribution in [0.1, 0.15) is 92.4 Å². The van der Waals surface area contributed by atoms with Crippen LogP contribution in [0, 0.1) is 46.3 Å². The van der Waals surface area contributed by atoms with Crippen LogP contribution < -0.4 is 0 Å². The maximum Gasteiger partial charge on any atom is 0.187 e. The number of hydrogen-bond donors (Lipinski definition) is 13. The zero-order valence-electron chi connectivity index (χ0n) is 41.8. The quantitative estimate of drug-likeness (QED) is 0.0809. The van der Waals surface area contributed by atoms with Crippen molar-refractivity contribution in [2.75, 3.05) is 26.4 Å². The molecule has 0 aromatic heterocycles. The van der Waals surface area contributed by atoms with Crippen LogP contribution in [0.15, 0.2) is 11.6 Å². The zero-order valence-corrected chi connectivity index (χ0v) is 41.8. The minimum Gasteiger partial charge on any atom is -0.396 e. The van der Waals surface area contributed by atoms with Gasteiger partial charge in [0.1, 0.15) is 85.5 Å². The van der Waals surface area contributed by atoms with E-state index in [0.717, 1.165) is 32.1 Å². The van der Waals surface area contributed by atoms with Crippen LogP contribution in [0.2, 0.25) is 0 Å². The van der Waals surface area contributed by atoms with Gasteiger partial charge in [-0.3, -0.25) is 0 Å². The van der Waals surface area contributed by atoms with E-state index in [1.54, 1.807) is 0 Å². The van der Waals surface area contributed by atoms with Gasteiger partial charge < -0.3 is 109 Å². The predicted molar refractivity (Wildman–Crippen MR) is 244 cm³/mol. The van der Waals surface area contributed by atoms with Crippen LogP contribution in [-0.2, 0) is 42.6 Å². The van der Waals surface area contributed by atoms with Crippen molar-refractivity contribution in [2.45, 2.75) is 227 Å². The van der Waals surface area contributed by atoms with Gasteiger partial charge in [-0.15, -0.1) is 0 Å². The molecule has 22 heteroatoms. The molecule has 0 aromatic rings. The lowest BCUT2D eigenvalue weighted by Gasteiger charge is -2.58. The summed E-state index contributed by atoms with van der Waals surface area (Å²) >= 11 is 0. The highest BCUT2D eigenvalue weighted by Crippen LogP contribution is 2.70. The molecule has 0 bridgehead atoms. The van der Waals surface area contributed by atoms with Crippen LogP contribution in [0.5, 0.6) is 0 Å². The standard InChI is InChI=1S/C50H82O22/c1-20(16-51)8-13-50(63)21(2)32-29(72-50)15-27-25-7-6-23-14-24(9-11-48(23,4)26(25)10-12-49(27,32)5)66-47-43(71-45-38(60)36(58)33(55)22(3)65-45)39(61)41(31(18-53)68-47)69-46-40(62)42(35(57)30(17-52)67-46)70-44-37(59)34(56)28(54)19-64-44/h6,20-22,24-47,51-63H,7-19H2,1-5H3/t20?,21-,22+,24-,25+,26-,27-,28-,29-,30+,31+,32-,33+,34+,35+,36-,37-,38-,39-,40+,41+,42-,43+,44-,45-,46-,47+,48-,49-,50?/m0/s1. The molecule has 0 spiro atoms. The SMILES string of the molecule is CC(CO)CCC1(O)O[C@H]2C[C@H]3[C@@H]4CC=C5C[C@@H](O[C@@H]6O[C@H](CO)[C@@H](O[C@@H]7O[C@H](CO)[C@@H](O)[C@H](O[C@@H]8OC[C@H](O)[C@@H](O)[C@@H]8O)[C@H]7O)[C@H](O)[C@H]6O[C@@H]6O[C@H](C)[C@@H](O)[C@H](O)[C@@H]6O)CC[C@]5(C)[C@H]4CC[C@]3(C)[C@H]2[C@@H]1C. The van der Waals surface area contributed by atoms with E-state index in [-0.39, 0.29) is 41.3 Å². The summed E-state index contributed by atoms with van der Waals surface area (Å²) in [5, 5.41) is 140. The van der Waals surface area contributed by atoms with Crippen molar-refractivity contribution < 1.29 is 109 Å². The average Bonchev–Trinajstić information content (AvgIpc) is 3.80. The summed E-state index contributed by atoms with van der Waals surface area (Å²) in [5.74, 6) is 0.307. The van der Waals surface area contributed by atoms with Crippen LogP contribution in [-0.4, -0.2) is 228 Å². The molecular formula is C50H82O22. The minimum atomic E-state index is -1.94. The molecule has 0 aromatic carbocycles. The molecule has 9 rings (SSSR count). The van der Waals surface area contributed by atoms with Gasteiger partial charge in [-0.1, -0.05) is 39.3 Å². The van der Waals surface area contributed by atoms with Crippen LogP contribution in [0.25, 0.3) is 0 Å². The molecule has 5 heterocycles. The maximum atomic E-state index is 12.3. The van der Waals surface area contributed by atoms with E-state index in [1.165, 1.54) is 12.5 Å². The van der Waals surface area contributed by atoms with Gasteiger partial charge in [-0.2, -0.15) is 0 Å². The smallest absolute Gasteiger partial charge is 0.187 e. The van der Waals surface area contributed by atoms with Gasteiger partial charge in [0.05, 0.1) is 38.1 Å². The Labute approximate surface area is 419 Å². The van der Waals surface area contributed by atoms with Crippen LogP contribution in [0.3, 0.4) is 0 Å². The summed E-state index contributed by atoms with van der Waals surface area (Å²) in [7, 11) is 0. The first-order valence-corrected chi connectivity index (χ1v) is 26.3. The second-order valence-corrected chi connectivity index (χ2v) is 23.3. The molecule has 72 heavy (non-hydrogen) atoms. The Morgan fingerprint density at radius 2 is 1.35 bits per heavy atom. The Hall–Kier alpha value is -1.14. The van der Waals surface area contributed by atoms with Crippen molar-refractivity contribution in [3.8, 4) is 0 Å². The lowest BCUT2D eigenvalue weighted by molar-refractivity contribution is -0.395. The number of rotatable bonds is 14. The molecule has 3 saturated carbocycles. The van der Waals surface area contributed by atoms with Crippen molar-refractivity contribution in [3.63, 3.8) is 0 Å². The first-order valence-electron chi connectivity index (χ1n) is 26.3. The fourth-order valence-corrected chi connectivity index (χ4v) is 14.7. The summed E-state index contributed by atoms with van der Waals surface area (Å²) in [6.07, 6.45) is -22.2. The zero-order chi connectivity index (χ0) is 51.9. The lowest BCUT2D eigenvalue weighted by atomic mass is 9.47. The molecule has 5 saturated heterocycles. The number of ether oxygens (including phenoxy) is 9. The molecule has 0 amide bonds. The van der Waals surface area contributed by atoms with E-state index >= 15 is 0 Å². The molecule has 2 unspecified atom stereocenters. The Balaban J connectivity index is 0.913. The molecule has 9 aliphatic rings. The maximum absolute atomic E-state index is 12.3. The van der Waals surface area contributed by atoms with Crippen LogP contribution >= 0.6 is 0 Å². The molecule has 414 valence electrons. The number of aliphatic hydroxyl groups is 13. The summed E-state index contributed by atoms with van der Waals surface area (Å²) in [5.41, 5.74) is 1.12. The Morgan fingerprint density at radius 1 is 0.681 bits per heavy atom. The van der Waals surface area contributed by atoms with Gasteiger partial charge in [0, 0.05) is 18.9 Å². The Bertz CT molecular complexity index is 1870. The second kappa shape index (κ2) is 21.6. The summed E-state index contributed by atoms with van der Waals surface area (Å²) in [4.78, 5) is 0. The highest BCUT2D eigenvalue weighted by molar-refractivity contribution is 5.26. The molecule has 8 fully saturated rings. The highest BCUT2D eigenvalue weighted by Gasteiger charge is 2.68. The summed E-state index contributed by atoms with van der Waals surface area (Å²) in [6, 6.07) is 0.